The topological polar surface area (TPSA) is 64.7 Å². The van der Waals surface area contributed by atoms with E-state index in [4.69, 9.17) is 0 Å². The first kappa shape index (κ1) is 21.1. The summed E-state index contributed by atoms with van der Waals surface area (Å²) in [5.74, 6) is -0.938. The Morgan fingerprint density at radius 3 is 2.28 bits per heavy atom. The third-order valence-corrected chi connectivity index (χ3v) is 5.73. The number of nitrogens with zero attached hydrogens (tertiary/aromatic N) is 2. The quantitative estimate of drug-likeness (QED) is 0.536. The molecule has 2 aromatic rings. The Kier molecular flexibility index (Phi) is 7.89. The number of rotatable bonds is 7. The normalized spacial score (nSPS) is 14.4. The summed E-state index contributed by atoms with van der Waals surface area (Å²) in [6, 6.07) is 16.6. The molecule has 1 saturated heterocycles. The lowest BCUT2D eigenvalue weighted by Gasteiger charge is -2.36. The third kappa shape index (κ3) is 6.76. The molecule has 154 valence electrons. The summed E-state index contributed by atoms with van der Waals surface area (Å²) in [7, 11) is 0. The molecule has 0 bridgehead atoms. The largest absolute Gasteiger partial charge is 0.369 e. The highest BCUT2D eigenvalue weighted by Gasteiger charge is 2.17. The maximum Gasteiger partial charge on any atom is 0.248 e. The smallest absolute Gasteiger partial charge is 0.248 e. The molecule has 0 unspecified atom stereocenters. The minimum absolute atomic E-state index is 0.0304. The third-order valence-electron chi connectivity index (χ3n) is 4.69. The molecule has 2 amide bonds. The van der Waals surface area contributed by atoms with Gasteiger partial charge in [-0.25, -0.2) is 4.39 Å². The Morgan fingerprint density at radius 2 is 1.55 bits per heavy atom. The molecule has 2 N–H and O–H groups in total. The van der Waals surface area contributed by atoms with Crippen molar-refractivity contribution in [3.63, 3.8) is 0 Å². The van der Waals surface area contributed by atoms with Crippen molar-refractivity contribution in [1.82, 2.24) is 15.8 Å². The monoisotopic (exact) mass is 416 g/mol. The van der Waals surface area contributed by atoms with Crippen molar-refractivity contribution < 1.29 is 14.0 Å². The van der Waals surface area contributed by atoms with Gasteiger partial charge in [-0.05, 0) is 24.3 Å². The highest BCUT2D eigenvalue weighted by molar-refractivity contribution is 8.00. The van der Waals surface area contributed by atoms with Crippen molar-refractivity contribution in [3.05, 3.63) is 60.4 Å². The number of para-hydroxylation sites is 1. The number of carbonyl (C=O) groups excluding carboxylic acids is 2. The molecular weight excluding hydrogens is 391 g/mol. The van der Waals surface area contributed by atoms with Gasteiger partial charge in [0.2, 0.25) is 11.8 Å². The van der Waals surface area contributed by atoms with E-state index in [-0.39, 0.29) is 23.4 Å². The molecule has 0 saturated carbocycles. The van der Waals surface area contributed by atoms with Gasteiger partial charge in [-0.1, -0.05) is 30.3 Å². The lowest BCUT2D eigenvalue weighted by atomic mass is 10.2. The molecule has 6 nitrogen and oxygen atoms in total. The number of thioether (sulfide) groups is 1. The average Bonchev–Trinajstić information content (AvgIpc) is 2.76. The SMILES string of the molecule is O=C(CCN1CCN(c2ccccc2)CC1)NNC(=O)CSc1ccccc1F. The first-order chi connectivity index (χ1) is 14.1. The van der Waals surface area contributed by atoms with Crippen LogP contribution in [-0.2, 0) is 9.59 Å². The van der Waals surface area contributed by atoms with Crippen molar-refractivity contribution >= 4 is 29.3 Å². The fraction of sp³-hybridized carbons (Fsp3) is 0.333. The van der Waals surface area contributed by atoms with E-state index >= 15 is 0 Å². The number of halogens is 1. The van der Waals surface area contributed by atoms with Gasteiger partial charge in [0.25, 0.3) is 0 Å². The van der Waals surface area contributed by atoms with E-state index in [2.05, 4.69) is 32.8 Å². The number of nitrogens with one attached hydrogen (secondary N) is 2. The zero-order valence-corrected chi connectivity index (χ0v) is 17.0. The van der Waals surface area contributed by atoms with Gasteiger partial charge in [0.15, 0.2) is 0 Å². The van der Waals surface area contributed by atoms with Crippen LogP contribution in [0.15, 0.2) is 59.5 Å². The molecule has 0 aromatic heterocycles. The van der Waals surface area contributed by atoms with Crippen LogP contribution < -0.4 is 15.8 Å². The van der Waals surface area contributed by atoms with Crippen LogP contribution in [0.3, 0.4) is 0 Å². The van der Waals surface area contributed by atoms with Gasteiger partial charge in [-0.15, -0.1) is 11.8 Å². The molecule has 1 fully saturated rings. The zero-order valence-electron chi connectivity index (χ0n) is 16.1. The van der Waals surface area contributed by atoms with Crippen LogP contribution in [0.25, 0.3) is 0 Å². The molecule has 0 spiro atoms. The summed E-state index contributed by atoms with van der Waals surface area (Å²) in [5.41, 5.74) is 6.03. The predicted molar refractivity (Wildman–Crippen MR) is 113 cm³/mol. The van der Waals surface area contributed by atoms with Gasteiger partial charge in [0, 0.05) is 49.7 Å². The first-order valence-electron chi connectivity index (χ1n) is 9.59. The van der Waals surface area contributed by atoms with Gasteiger partial charge < -0.3 is 4.90 Å². The van der Waals surface area contributed by atoms with E-state index in [9.17, 15) is 14.0 Å². The average molecular weight is 417 g/mol. The van der Waals surface area contributed by atoms with Gasteiger partial charge in [0.05, 0.1) is 5.75 Å². The second-order valence-electron chi connectivity index (χ2n) is 6.73. The van der Waals surface area contributed by atoms with E-state index in [1.807, 2.05) is 18.2 Å². The van der Waals surface area contributed by atoms with E-state index in [0.29, 0.717) is 17.9 Å². The Labute approximate surface area is 174 Å². The maximum atomic E-state index is 13.5. The van der Waals surface area contributed by atoms with Crippen molar-refractivity contribution in [2.75, 3.05) is 43.4 Å². The number of hydrazine groups is 1. The molecule has 0 atom stereocenters. The van der Waals surface area contributed by atoms with Crippen LogP contribution in [0.2, 0.25) is 0 Å². The summed E-state index contributed by atoms with van der Waals surface area (Å²) >= 11 is 1.09. The highest BCUT2D eigenvalue weighted by atomic mass is 32.2. The molecule has 0 aliphatic carbocycles. The van der Waals surface area contributed by atoms with Crippen LogP contribution in [0.5, 0.6) is 0 Å². The molecule has 3 rings (SSSR count). The Morgan fingerprint density at radius 1 is 0.897 bits per heavy atom. The van der Waals surface area contributed by atoms with Crippen molar-refractivity contribution in [3.8, 4) is 0 Å². The van der Waals surface area contributed by atoms with Gasteiger partial charge in [-0.3, -0.25) is 25.3 Å². The number of amides is 2. The predicted octanol–water partition coefficient (Wildman–Crippen LogP) is 2.28. The number of benzene rings is 2. The molecule has 2 aromatic carbocycles. The summed E-state index contributed by atoms with van der Waals surface area (Å²) in [5, 5.41) is 0. The van der Waals surface area contributed by atoms with Crippen LogP contribution in [0, 0.1) is 5.82 Å². The highest BCUT2D eigenvalue weighted by Crippen LogP contribution is 2.20. The fourth-order valence-corrected chi connectivity index (χ4v) is 3.81. The molecular formula is C21H25FN4O2S. The number of hydrogen-bond donors (Lipinski definition) is 2. The van der Waals surface area contributed by atoms with Crippen LogP contribution in [0.4, 0.5) is 10.1 Å². The summed E-state index contributed by atoms with van der Waals surface area (Å²) < 4.78 is 13.5. The van der Waals surface area contributed by atoms with Gasteiger partial charge in [0.1, 0.15) is 5.82 Å². The molecule has 1 aliphatic heterocycles. The van der Waals surface area contributed by atoms with Crippen molar-refractivity contribution in [1.29, 1.82) is 0 Å². The van der Waals surface area contributed by atoms with Gasteiger partial charge in [-0.2, -0.15) is 0 Å². The molecule has 1 heterocycles. The van der Waals surface area contributed by atoms with Gasteiger partial charge >= 0.3 is 0 Å². The van der Waals surface area contributed by atoms with E-state index in [1.165, 1.54) is 11.8 Å². The number of carbonyl (C=O) groups is 2. The van der Waals surface area contributed by atoms with Crippen LogP contribution in [0.1, 0.15) is 6.42 Å². The Hall–Kier alpha value is -2.58. The summed E-state index contributed by atoms with van der Waals surface area (Å²) in [6.07, 6.45) is 0.312. The van der Waals surface area contributed by atoms with E-state index in [0.717, 1.165) is 37.9 Å². The van der Waals surface area contributed by atoms with Crippen molar-refractivity contribution in [2.45, 2.75) is 11.3 Å². The Bertz CT molecular complexity index is 813. The first-order valence-corrected chi connectivity index (χ1v) is 10.6. The van der Waals surface area contributed by atoms with E-state index < -0.39 is 0 Å². The zero-order chi connectivity index (χ0) is 20.5. The fourth-order valence-electron chi connectivity index (χ4n) is 3.07. The summed E-state index contributed by atoms with van der Waals surface area (Å²) in [4.78, 5) is 28.8. The standard InChI is InChI=1S/C21H25FN4O2S/c22-18-8-4-5-9-19(18)29-16-21(28)24-23-20(27)10-11-25-12-14-26(15-13-25)17-6-2-1-3-7-17/h1-9H,10-16H2,(H,23,27)(H,24,28). The lowest BCUT2D eigenvalue weighted by molar-refractivity contribution is -0.127. The minimum atomic E-state index is -0.372. The molecule has 29 heavy (non-hydrogen) atoms. The van der Waals surface area contributed by atoms with Crippen molar-refractivity contribution in [2.24, 2.45) is 0 Å². The second kappa shape index (κ2) is 10.8. The number of anilines is 1. The molecule has 8 heteroatoms. The lowest BCUT2D eigenvalue weighted by Crippen LogP contribution is -2.48. The van der Waals surface area contributed by atoms with E-state index in [1.54, 1.807) is 18.2 Å². The second-order valence-corrected chi connectivity index (χ2v) is 7.75. The summed E-state index contributed by atoms with van der Waals surface area (Å²) in [6.45, 7) is 4.29. The maximum absolute atomic E-state index is 13.5. The number of piperazine rings is 1. The molecule has 0 radical (unpaired) electrons. The minimum Gasteiger partial charge on any atom is -0.369 e. The van der Waals surface area contributed by atoms with Crippen LogP contribution in [-0.4, -0.2) is 55.2 Å². The van der Waals surface area contributed by atoms with Crippen LogP contribution >= 0.6 is 11.8 Å². The molecule has 1 aliphatic rings. The Balaban J connectivity index is 1.29. The number of hydrogen-bond acceptors (Lipinski definition) is 5.